The maximum atomic E-state index is 11.7. The summed E-state index contributed by atoms with van der Waals surface area (Å²) >= 11 is 0. The van der Waals surface area contributed by atoms with Crippen LogP contribution in [0.1, 0.15) is 37.9 Å². The SMILES string of the molecule is COCc1cccc(C(NC(=O)OC(C)(C)C)C(=O)O)c1. The fourth-order valence-electron chi connectivity index (χ4n) is 1.74. The van der Waals surface area contributed by atoms with Crippen LogP contribution in [0.3, 0.4) is 0 Å². The number of rotatable bonds is 5. The van der Waals surface area contributed by atoms with Crippen LogP contribution in [-0.2, 0) is 20.9 Å². The lowest BCUT2D eigenvalue weighted by Gasteiger charge is -2.22. The highest BCUT2D eigenvalue weighted by atomic mass is 16.6. The van der Waals surface area contributed by atoms with Crippen LogP contribution >= 0.6 is 0 Å². The minimum Gasteiger partial charge on any atom is -0.479 e. The van der Waals surface area contributed by atoms with E-state index in [1.165, 1.54) is 0 Å². The predicted octanol–water partition coefficient (Wildman–Crippen LogP) is 2.48. The van der Waals surface area contributed by atoms with E-state index >= 15 is 0 Å². The molecule has 6 nitrogen and oxygen atoms in total. The van der Waals surface area contributed by atoms with Gasteiger partial charge in [-0.3, -0.25) is 0 Å². The van der Waals surface area contributed by atoms with Crippen molar-refractivity contribution in [1.29, 1.82) is 0 Å². The molecule has 0 saturated heterocycles. The van der Waals surface area contributed by atoms with E-state index in [9.17, 15) is 14.7 Å². The number of nitrogens with one attached hydrogen (secondary N) is 1. The number of hydrogen-bond acceptors (Lipinski definition) is 4. The zero-order valence-electron chi connectivity index (χ0n) is 12.7. The largest absolute Gasteiger partial charge is 0.479 e. The van der Waals surface area contributed by atoms with E-state index in [1.54, 1.807) is 46.1 Å². The third-order valence-corrected chi connectivity index (χ3v) is 2.50. The molecule has 21 heavy (non-hydrogen) atoms. The van der Waals surface area contributed by atoms with Gasteiger partial charge in [-0.2, -0.15) is 0 Å². The second-order valence-electron chi connectivity index (χ2n) is 5.60. The standard InChI is InChI=1S/C15H21NO5/c1-15(2,3)21-14(19)16-12(13(17)18)11-7-5-6-10(8-11)9-20-4/h5-8,12H,9H2,1-4H3,(H,16,19)(H,17,18). The van der Waals surface area contributed by atoms with Gasteiger partial charge in [0.25, 0.3) is 0 Å². The molecule has 0 radical (unpaired) electrons. The van der Waals surface area contributed by atoms with E-state index in [1.807, 2.05) is 6.07 Å². The average molecular weight is 295 g/mol. The van der Waals surface area contributed by atoms with Crippen molar-refractivity contribution in [3.8, 4) is 0 Å². The van der Waals surface area contributed by atoms with E-state index in [-0.39, 0.29) is 0 Å². The van der Waals surface area contributed by atoms with Crippen LogP contribution in [0.5, 0.6) is 0 Å². The van der Waals surface area contributed by atoms with Crippen LogP contribution in [0.4, 0.5) is 4.79 Å². The first-order valence-corrected chi connectivity index (χ1v) is 6.53. The number of hydrogen-bond donors (Lipinski definition) is 2. The van der Waals surface area contributed by atoms with Crippen molar-refractivity contribution < 1.29 is 24.2 Å². The summed E-state index contributed by atoms with van der Waals surface area (Å²) < 4.78 is 10.1. The molecular formula is C15H21NO5. The van der Waals surface area contributed by atoms with Gasteiger partial charge in [0.2, 0.25) is 0 Å². The maximum absolute atomic E-state index is 11.7. The van der Waals surface area contributed by atoms with Gasteiger partial charge in [0.15, 0.2) is 6.04 Å². The molecule has 1 amide bonds. The van der Waals surface area contributed by atoms with Gasteiger partial charge in [-0.15, -0.1) is 0 Å². The average Bonchev–Trinajstić information content (AvgIpc) is 2.34. The number of amides is 1. The lowest BCUT2D eigenvalue weighted by Crippen LogP contribution is -2.38. The van der Waals surface area contributed by atoms with E-state index in [0.29, 0.717) is 12.2 Å². The zero-order valence-corrected chi connectivity index (χ0v) is 12.7. The molecule has 6 heteroatoms. The summed E-state index contributed by atoms with van der Waals surface area (Å²) in [5, 5.41) is 11.7. The van der Waals surface area contributed by atoms with Crippen LogP contribution in [0.2, 0.25) is 0 Å². The molecule has 0 spiro atoms. The quantitative estimate of drug-likeness (QED) is 0.871. The van der Waals surface area contributed by atoms with Crippen molar-refractivity contribution in [2.45, 2.75) is 39.0 Å². The van der Waals surface area contributed by atoms with Gasteiger partial charge >= 0.3 is 12.1 Å². The summed E-state index contributed by atoms with van der Waals surface area (Å²) in [4.78, 5) is 23.1. The Kier molecular flexibility index (Phi) is 5.72. The number of ether oxygens (including phenoxy) is 2. The van der Waals surface area contributed by atoms with Gasteiger partial charge in [0.05, 0.1) is 6.61 Å². The Morgan fingerprint density at radius 2 is 2.00 bits per heavy atom. The molecule has 0 aliphatic heterocycles. The van der Waals surface area contributed by atoms with Crippen LogP contribution in [0.25, 0.3) is 0 Å². The van der Waals surface area contributed by atoms with E-state index in [4.69, 9.17) is 9.47 Å². The first kappa shape index (κ1) is 17.0. The number of carbonyl (C=O) groups is 2. The van der Waals surface area contributed by atoms with Gasteiger partial charge in [-0.25, -0.2) is 9.59 Å². The van der Waals surface area contributed by atoms with Crippen molar-refractivity contribution in [3.05, 3.63) is 35.4 Å². The second-order valence-corrected chi connectivity index (χ2v) is 5.60. The summed E-state index contributed by atoms with van der Waals surface area (Å²) in [7, 11) is 1.56. The number of benzene rings is 1. The van der Waals surface area contributed by atoms with Crippen molar-refractivity contribution in [1.82, 2.24) is 5.32 Å². The lowest BCUT2D eigenvalue weighted by molar-refractivity contribution is -0.139. The molecule has 1 atom stereocenters. The Morgan fingerprint density at radius 3 is 2.52 bits per heavy atom. The summed E-state index contributed by atoms with van der Waals surface area (Å²) in [6.07, 6.45) is -0.771. The second kappa shape index (κ2) is 7.08. The van der Waals surface area contributed by atoms with Gasteiger partial charge in [-0.05, 0) is 31.9 Å². The lowest BCUT2D eigenvalue weighted by atomic mass is 10.0. The molecule has 0 aliphatic rings. The van der Waals surface area contributed by atoms with Gasteiger partial charge < -0.3 is 19.9 Å². The van der Waals surface area contributed by atoms with E-state index in [2.05, 4.69) is 5.32 Å². The number of alkyl carbamates (subject to hydrolysis) is 1. The van der Waals surface area contributed by atoms with Crippen molar-refractivity contribution in [2.24, 2.45) is 0 Å². The molecule has 0 fully saturated rings. The van der Waals surface area contributed by atoms with E-state index in [0.717, 1.165) is 5.56 Å². The third-order valence-electron chi connectivity index (χ3n) is 2.50. The minimum absolute atomic E-state index is 0.368. The zero-order chi connectivity index (χ0) is 16.0. The van der Waals surface area contributed by atoms with Crippen LogP contribution in [0.15, 0.2) is 24.3 Å². The fraction of sp³-hybridized carbons (Fsp3) is 0.467. The van der Waals surface area contributed by atoms with Crippen molar-refractivity contribution in [2.75, 3.05) is 7.11 Å². The summed E-state index contributed by atoms with van der Waals surface area (Å²) in [6.45, 7) is 5.50. The Labute approximate surface area is 124 Å². The van der Waals surface area contributed by atoms with Crippen molar-refractivity contribution >= 4 is 12.1 Å². The first-order chi connectivity index (χ1) is 9.73. The number of carbonyl (C=O) groups excluding carboxylic acids is 1. The smallest absolute Gasteiger partial charge is 0.408 e. The first-order valence-electron chi connectivity index (χ1n) is 6.53. The maximum Gasteiger partial charge on any atom is 0.408 e. The number of carboxylic acid groups (broad SMARTS) is 1. The Morgan fingerprint density at radius 1 is 1.33 bits per heavy atom. The number of aliphatic carboxylic acids is 1. The summed E-state index contributed by atoms with van der Waals surface area (Å²) in [5.74, 6) is -1.16. The predicted molar refractivity (Wildman–Crippen MR) is 76.9 cm³/mol. The minimum atomic E-state index is -1.17. The highest BCUT2D eigenvalue weighted by Crippen LogP contribution is 2.17. The molecule has 1 rings (SSSR count). The van der Waals surface area contributed by atoms with Gasteiger partial charge in [0, 0.05) is 7.11 Å². The number of methoxy groups -OCH3 is 1. The van der Waals surface area contributed by atoms with Crippen LogP contribution in [0, 0.1) is 0 Å². The highest BCUT2D eigenvalue weighted by molar-refractivity contribution is 5.81. The highest BCUT2D eigenvalue weighted by Gasteiger charge is 2.25. The molecular weight excluding hydrogens is 274 g/mol. The Hall–Kier alpha value is -2.08. The molecule has 116 valence electrons. The molecule has 0 aromatic heterocycles. The summed E-state index contributed by atoms with van der Waals surface area (Å²) in [5.41, 5.74) is 0.598. The monoisotopic (exact) mass is 295 g/mol. The van der Waals surface area contributed by atoms with Crippen LogP contribution < -0.4 is 5.32 Å². The molecule has 0 heterocycles. The van der Waals surface area contributed by atoms with Crippen molar-refractivity contribution in [3.63, 3.8) is 0 Å². The Bertz CT molecular complexity index is 507. The Balaban J connectivity index is 2.89. The van der Waals surface area contributed by atoms with Gasteiger partial charge in [-0.1, -0.05) is 24.3 Å². The number of carboxylic acids is 1. The van der Waals surface area contributed by atoms with Crippen LogP contribution in [-0.4, -0.2) is 29.9 Å². The van der Waals surface area contributed by atoms with E-state index < -0.39 is 23.7 Å². The topological polar surface area (TPSA) is 84.9 Å². The fourth-order valence-corrected chi connectivity index (χ4v) is 1.74. The van der Waals surface area contributed by atoms with Gasteiger partial charge in [0.1, 0.15) is 5.60 Å². The molecule has 2 N–H and O–H groups in total. The molecule has 0 saturated carbocycles. The molecule has 1 unspecified atom stereocenters. The molecule has 0 bridgehead atoms. The third kappa shape index (κ3) is 5.83. The molecule has 1 aromatic carbocycles. The summed E-state index contributed by atoms with van der Waals surface area (Å²) in [6, 6.07) is 5.68. The normalized spacial score (nSPS) is 12.6. The molecule has 0 aliphatic carbocycles. The molecule has 1 aromatic rings.